The Kier molecular flexibility index (Phi) is 5.33. The fourth-order valence-corrected chi connectivity index (χ4v) is 3.06. The molecule has 1 aliphatic rings. The second kappa shape index (κ2) is 7.65. The first kappa shape index (κ1) is 17.4. The lowest BCUT2D eigenvalue weighted by molar-refractivity contribution is -0.121. The van der Waals surface area contributed by atoms with E-state index in [9.17, 15) is 14.7 Å². The monoisotopic (exact) mass is 359 g/mol. The van der Waals surface area contributed by atoms with Gasteiger partial charge in [0, 0.05) is 17.5 Å². The summed E-state index contributed by atoms with van der Waals surface area (Å²) in [6.07, 6.45) is -0.278. The van der Waals surface area contributed by atoms with Crippen LogP contribution in [0.15, 0.2) is 48.5 Å². The van der Waals surface area contributed by atoms with E-state index >= 15 is 0 Å². The third-order valence-electron chi connectivity index (χ3n) is 4.20. The van der Waals surface area contributed by atoms with Crippen LogP contribution in [0.5, 0.6) is 0 Å². The van der Waals surface area contributed by atoms with Gasteiger partial charge in [0.05, 0.1) is 12.0 Å². The van der Waals surface area contributed by atoms with E-state index in [2.05, 4.69) is 16.2 Å². The number of carbonyl (C=O) groups excluding carboxylic acids is 1. The van der Waals surface area contributed by atoms with E-state index in [1.165, 1.54) is 6.07 Å². The summed E-state index contributed by atoms with van der Waals surface area (Å²) >= 11 is 5.92. The maximum absolute atomic E-state index is 12.4. The molecule has 3 rings (SSSR count). The molecule has 1 fully saturated rings. The van der Waals surface area contributed by atoms with E-state index < -0.39 is 5.97 Å². The van der Waals surface area contributed by atoms with Crippen LogP contribution in [0.2, 0.25) is 5.02 Å². The van der Waals surface area contributed by atoms with E-state index in [0.717, 1.165) is 5.56 Å². The summed E-state index contributed by atoms with van der Waals surface area (Å²) in [4.78, 5) is 23.6. The normalized spacial score (nSPS) is 19.6. The molecule has 1 heterocycles. The van der Waals surface area contributed by atoms with Gasteiger partial charge in [-0.05, 0) is 29.3 Å². The van der Waals surface area contributed by atoms with Crippen molar-refractivity contribution in [2.24, 2.45) is 0 Å². The van der Waals surface area contributed by atoms with E-state index in [4.69, 9.17) is 11.6 Å². The van der Waals surface area contributed by atoms with Crippen molar-refractivity contribution in [3.05, 3.63) is 70.2 Å². The molecule has 2 aromatic carbocycles. The Labute approximate surface area is 150 Å². The Morgan fingerprint density at radius 2 is 1.88 bits per heavy atom. The fourth-order valence-electron chi connectivity index (χ4n) is 2.93. The van der Waals surface area contributed by atoms with Gasteiger partial charge in [0.25, 0.3) is 0 Å². The van der Waals surface area contributed by atoms with Gasteiger partial charge in [-0.2, -0.15) is 0 Å². The molecule has 1 saturated heterocycles. The van der Waals surface area contributed by atoms with Crippen LogP contribution in [-0.4, -0.2) is 29.7 Å². The molecule has 130 valence electrons. The summed E-state index contributed by atoms with van der Waals surface area (Å²) in [5, 5.41) is 12.8. The zero-order chi connectivity index (χ0) is 17.8. The largest absolute Gasteiger partial charge is 0.478 e. The molecule has 2 atom stereocenters. The van der Waals surface area contributed by atoms with Crippen molar-refractivity contribution in [1.82, 2.24) is 16.2 Å². The molecule has 4 N–H and O–H groups in total. The second-order valence-corrected chi connectivity index (χ2v) is 6.30. The summed E-state index contributed by atoms with van der Waals surface area (Å²) in [6.45, 7) is 0.665. The number of benzene rings is 2. The minimum atomic E-state index is -1.04. The number of carbonyl (C=O) groups is 2. The number of hydrazine groups is 1. The topological polar surface area (TPSA) is 90.5 Å². The van der Waals surface area contributed by atoms with Crippen LogP contribution < -0.4 is 16.2 Å². The van der Waals surface area contributed by atoms with E-state index in [0.29, 0.717) is 17.1 Å². The Morgan fingerprint density at radius 3 is 2.60 bits per heavy atom. The smallest absolute Gasteiger partial charge is 0.335 e. The maximum Gasteiger partial charge on any atom is 0.335 e. The summed E-state index contributed by atoms with van der Waals surface area (Å²) < 4.78 is 0. The molecular weight excluding hydrogens is 342 g/mol. The van der Waals surface area contributed by atoms with Crippen molar-refractivity contribution in [1.29, 1.82) is 0 Å². The van der Waals surface area contributed by atoms with Crippen LogP contribution in [0.3, 0.4) is 0 Å². The number of hydrogen-bond donors (Lipinski definition) is 4. The van der Waals surface area contributed by atoms with Crippen molar-refractivity contribution in [2.75, 3.05) is 6.54 Å². The lowest BCUT2D eigenvalue weighted by atomic mass is 9.97. The predicted molar refractivity (Wildman–Crippen MR) is 94.4 cm³/mol. The van der Waals surface area contributed by atoms with Crippen molar-refractivity contribution in [3.8, 4) is 0 Å². The summed E-state index contributed by atoms with van der Waals surface area (Å²) in [5.41, 5.74) is 7.77. The summed E-state index contributed by atoms with van der Waals surface area (Å²) in [7, 11) is 0. The highest BCUT2D eigenvalue weighted by atomic mass is 35.5. The Bertz CT molecular complexity index is 779. The first-order chi connectivity index (χ1) is 12.0. The Morgan fingerprint density at radius 1 is 1.16 bits per heavy atom. The van der Waals surface area contributed by atoms with Gasteiger partial charge in [0.1, 0.15) is 6.17 Å². The maximum atomic E-state index is 12.4. The molecule has 0 saturated carbocycles. The number of amides is 1. The molecule has 0 spiro atoms. The quantitative estimate of drug-likeness (QED) is 0.654. The van der Waals surface area contributed by atoms with Gasteiger partial charge in [0.2, 0.25) is 5.91 Å². The van der Waals surface area contributed by atoms with Crippen LogP contribution in [0, 0.1) is 0 Å². The number of carboxylic acid groups (broad SMARTS) is 1. The van der Waals surface area contributed by atoms with Crippen molar-refractivity contribution in [2.45, 2.75) is 18.5 Å². The molecule has 2 unspecified atom stereocenters. The van der Waals surface area contributed by atoms with Gasteiger partial charge in [-0.3, -0.25) is 10.2 Å². The van der Waals surface area contributed by atoms with Crippen LogP contribution in [-0.2, 0) is 11.2 Å². The number of nitrogens with one attached hydrogen (secondary N) is 3. The molecule has 7 heteroatoms. The van der Waals surface area contributed by atoms with Crippen molar-refractivity contribution >= 4 is 23.5 Å². The number of halogens is 1. The molecule has 6 nitrogen and oxygen atoms in total. The standard InChI is InChI=1S/C18H18ClN3O3/c19-13-7-5-11(6-8-13)15-10-20-22-17(15)21-16(23)9-12-3-1-2-4-14(12)18(24)25/h1-8,15,17,20,22H,9-10H2,(H,21,23)(H,24,25). The molecule has 2 aromatic rings. The first-order valence-electron chi connectivity index (χ1n) is 7.89. The molecule has 1 aliphatic heterocycles. The average molecular weight is 360 g/mol. The lowest BCUT2D eigenvalue weighted by Crippen LogP contribution is -2.46. The number of rotatable bonds is 5. The van der Waals surface area contributed by atoms with Gasteiger partial charge in [-0.15, -0.1) is 0 Å². The average Bonchev–Trinajstić information content (AvgIpc) is 3.03. The molecule has 1 amide bonds. The molecule has 0 bridgehead atoms. The van der Waals surface area contributed by atoms with Crippen LogP contribution in [0.4, 0.5) is 0 Å². The minimum Gasteiger partial charge on any atom is -0.478 e. The van der Waals surface area contributed by atoms with Gasteiger partial charge in [0.15, 0.2) is 0 Å². The second-order valence-electron chi connectivity index (χ2n) is 5.87. The summed E-state index contributed by atoms with van der Waals surface area (Å²) in [6, 6.07) is 14.0. The third-order valence-corrected chi connectivity index (χ3v) is 4.45. The van der Waals surface area contributed by atoms with E-state index in [1.807, 2.05) is 24.3 Å². The minimum absolute atomic E-state index is 0.00793. The molecular formula is C18H18ClN3O3. The SMILES string of the molecule is O=C(Cc1ccccc1C(=O)O)NC1NNCC1c1ccc(Cl)cc1. The van der Waals surface area contributed by atoms with Crippen LogP contribution in [0.25, 0.3) is 0 Å². The highest BCUT2D eigenvalue weighted by molar-refractivity contribution is 6.30. The zero-order valence-electron chi connectivity index (χ0n) is 13.3. The molecule has 0 aromatic heterocycles. The number of hydrogen-bond acceptors (Lipinski definition) is 4. The van der Waals surface area contributed by atoms with Crippen molar-refractivity contribution in [3.63, 3.8) is 0 Å². The van der Waals surface area contributed by atoms with E-state index in [-0.39, 0.29) is 30.0 Å². The lowest BCUT2D eigenvalue weighted by Gasteiger charge is -2.20. The van der Waals surface area contributed by atoms with Crippen LogP contribution in [0.1, 0.15) is 27.4 Å². The van der Waals surface area contributed by atoms with Gasteiger partial charge in [-0.1, -0.05) is 41.9 Å². The zero-order valence-corrected chi connectivity index (χ0v) is 14.1. The highest BCUT2D eigenvalue weighted by Crippen LogP contribution is 2.22. The van der Waals surface area contributed by atoms with Crippen LogP contribution >= 0.6 is 11.6 Å². The van der Waals surface area contributed by atoms with Gasteiger partial charge >= 0.3 is 5.97 Å². The van der Waals surface area contributed by atoms with Gasteiger partial charge in [-0.25, -0.2) is 10.2 Å². The third kappa shape index (κ3) is 4.17. The summed E-state index contributed by atoms with van der Waals surface area (Å²) in [5.74, 6) is -1.23. The predicted octanol–water partition coefficient (Wildman–Crippen LogP) is 1.91. The number of aromatic carboxylic acids is 1. The molecule has 0 radical (unpaired) electrons. The Balaban J connectivity index is 1.68. The molecule has 0 aliphatic carbocycles. The fraction of sp³-hybridized carbons (Fsp3) is 0.222. The van der Waals surface area contributed by atoms with Crippen molar-refractivity contribution < 1.29 is 14.7 Å². The van der Waals surface area contributed by atoms with Gasteiger partial charge < -0.3 is 10.4 Å². The van der Waals surface area contributed by atoms with E-state index in [1.54, 1.807) is 18.2 Å². The first-order valence-corrected chi connectivity index (χ1v) is 8.27. The number of carboxylic acids is 1. The highest BCUT2D eigenvalue weighted by Gasteiger charge is 2.29. The molecule has 25 heavy (non-hydrogen) atoms. The Hall–Kier alpha value is -2.41.